The predicted octanol–water partition coefficient (Wildman–Crippen LogP) is 5.34. The molecule has 6 rings (SSSR count). The van der Waals surface area contributed by atoms with Crippen molar-refractivity contribution in [1.82, 2.24) is 40.4 Å². The van der Waals surface area contributed by atoms with Crippen LogP contribution in [0.3, 0.4) is 0 Å². The van der Waals surface area contributed by atoms with Crippen molar-refractivity contribution in [3.8, 4) is 16.9 Å². The lowest BCUT2D eigenvalue weighted by atomic mass is 10.1. The molecule has 0 spiro atoms. The van der Waals surface area contributed by atoms with Gasteiger partial charge in [-0.1, -0.05) is 59.6 Å². The number of halogens is 2. The molecule has 0 radical (unpaired) electrons. The third-order valence-corrected chi connectivity index (χ3v) is 8.00. The molecular weight excluding hydrogens is 645 g/mol. The Morgan fingerprint density at radius 2 is 1.79 bits per heavy atom. The number of tetrazole rings is 1. The van der Waals surface area contributed by atoms with Crippen molar-refractivity contribution in [2.45, 2.75) is 25.6 Å². The van der Waals surface area contributed by atoms with Crippen LogP contribution in [0, 0.1) is 0 Å². The second-order valence-electron chi connectivity index (χ2n) is 10.6. The number of carbonyl (C=O) groups excluding carboxylic acids is 3. The minimum absolute atomic E-state index is 0.0775. The third kappa shape index (κ3) is 7.32. The Labute approximate surface area is 278 Å². The van der Waals surface area contributed by atoms with Gasteiger partial charge in [0.1, 0.15) is 23.0 Å². The number of imidazole rings is 1. The van der Waals surface area contributed by atoms with Gasteiger partial charge < -0.3 is 19.9 Å². The van der Waals surface area contributed by atoms with E-state index in [0.29, 0.717) is 52.1 Å². The van der Waals surface area contributed by atoms with Gasteiger partial charge in [-0.25, -0.2) is 9.78 Å². The monoisotopic (exact) mass is 671 g/mol. The van der Waals surface area contributed by atoms with Crippen LogP contribution in [-0.2, 0) is 27.4 Å². The maximum Gasteiger partial charge on any atom is 0.411 e. The van der Waals surface area contributed by atoms with Crippen molar-refractivity contribution >= 4 is 52.9 Å². The lowest BCUT2D eigenvalue weighted by Crippen LogP contribution is -2.34. The molecule has 3 N–H and O–H groups in total. The largest absolute Gasteiger partial charge is 0.453 e. The minimum atomic E-state index is -0.853. The van der Waals surface area contributed by atoms with Crippen LogP contribution in [0.15, 0.2) is 79.1 Å². The number of hydrogen-bond donors (Lipinski definition) is 3. The number of rotatable bonds is 9. The summed E-state index contributed by atoms with van der Waals surface area (Å²) in [4.78, 5) is 48.0. The predicted molar refractivity (Wildman–Crippen MR) is 174 cm³/mol. The Morgan fingerprint density at radius 1 is 1.04 bits per heavy atom. The molecule has 0 aliphatic carbocycles. The summed E-state index contributed by atoms with van der Waals surface area (Å²) in [5, 5.41) is 17.4. The first-order valence-corrected chi connectivity index (χ1v) is 15.1. The molecule has 2 aromatic heterocycles. The highest BCUT2D eigenvalue weighted by atomic mass is 35.5. The topological polar surface area (TPSA) is 160 Å². The fraction of sp³-hybridized carbons (Fsp3) is 0.156. The molecule has 3 heterocycles. The maximum absolute atomic E-state index is 13.6. The highest BCUT2D eigenvalue weighted by Crippen LogP contribution is 2.31. The van der Waals surface area contributed by atoms with E-state index in [9.17, 15) is 14.4 Å². The van der Waals surface area contributed by atoms with Gasteiger partial charge in [0.15, 0.2) is 0 Å². The van der Waals surface area contributed by atoms with Crippen LogP contribution >= 0.6 is 23.2 Å². The summed E-state index contributed by atoms with van der Waals surface area (Å²) < 4.78 is 6.09. The first kappa shape index (κ1) is 31.5. The fourth-order valence-electron chi connectivity index (χ4n) is 5.16. The first-order valence-electron chi connectivity index (χ1n) is 14.3. The molecular formula is C32H27Cl2N9O4. The molecule has 15 heteroatoms. The molecule has 0 saturated carbocycles. The van der Waals surface area contributed by atoms with Gasteiger partial charge in [-0.2, -0.15) is 4.68 Å². The number of fused-ring (bicyclic) bond motifs is 1. The zero-order chi connectivity index (χ0) is 32.9. The molecule has 1 aliphatic rings. The van der Waals surface area contributed by atoms with E-state index < -0.39 is 18.0 Å². The van der Waals surface area contributed by atoms with Crippen LogP contribution in [0.25, 0.3) is 23.0 Å². The summed E-state index contributed by atoms with van der Waals surface area (Å²) in [6, 6.07) is 18.9. The number of amides is 3. The Hall–Kier alpha value is -5.53. The fourth-order valence-corrected chi connectivity index (χ4v) is 5.59. The number of H-pyrrole nitrogens is 1. The van der Waals surface area contributed by atoms with E-state index in [-0.39, 0.29) is 17.5 Å². The van der Waals surface area contributed by atoms with Gasteiger partial charge in [0.25, 0.3) is 0 Å². The Bertz CT molecular complexity index is 1930. The average Bonchev–Trinajstić information content (AvgIpc) is 3.84. The molecule has 3 amide bonds. The zero-order valence-corrected chi connectivity index (χ0v) is 26.4. The number of carbonyl (C=O) groups is 3. The SMILES string of the molecule is COC(=O)Nc1ccc(-c2nc([C@H](CC(=O)N3Cc4ccccc4C3)NC(=O)/C=C/c3cc(Cl)ccc3-n3cnnn3)[nH]c2Cl)cc1. The van der Waals surface area contributed by atoms with Gasteiger partial charge in [-0.05, 0) is 58.0 Å². The first-order chi connectivity index (χ1) is 22.8. The quantitative estimate of drug-likeness (QED) is 0.177. The molecule has 1 aliphatic heterocycles. The van der Waals surface area contributed by atoms with E-state index in [1.807, 2.05) is 24.3 Å². The second kappa shape index (κ2) is 13.8. The minimum Gasteiger partial charge on any atom is -0.453 e. The molecule has 47 heavy (non-hydrogen) atoms. The summed E-state index contributed by atoms with van der Waals surface area (Å²) in [7, 11) is 1.28. The molecule has 5 aromatic rings. The Balaban J connectivity index is 1.25. The van der Waals surface area contributed by atoms with Gasteiger partial charge in [0, 0.05) is 41.0 Å². The van der Waals surface area contributed by atoms with Crippen LogP contribution in [0.4, 0.5) is 10.5 Å². The van der Waals surface area contributed by atoms with Gasteiger partial charge in [-0.15, -0.1) is 5.10 Å². The average molecular weight is 673 g/mol. The molecule has 1 atom stereocenters. The number of methoxy groups -OCH3 is 1. The lowest BCUT2D eigenvalue weighted by molar-refractivity contribution is -0.132. The van der Waals surface area contributed by atoms with Gasteiger partial charge in [0.2, 0.25) is 11.8 Å². The molecule has 0 fully saturated rings. The van der Waals surface area contributed by atoms with E-state index in [1.54, 1.807) is 53.4 Å². The molecule has 0 unspecified atom stereocenters. The number of nitrogens with zero attached hydrogens (tertiary/aromatic N) is 6. The van der Waals surface area contributed by atoms with Crippen molar-refractivity contribution in [1.29, 1.82) is 0 Å². The molecule has 0 saturated heterocycles. The van der Waals surface area contributed by atoms with Crippen LogP contribution in [0.1, 0.15) is 35.0 Å². The van der Waals surface area contributed by atoms with Crippen LogP contribution in [0.5, 0.6) is 0 Å². The van der Waals surface area contributed by atoms with Crippen molar-refractivity contribution in [3.05, 3.63) is 112 Å². The van der Waals surface area contributed by atoms with Crippen molar-refractivity contribution < 1.29 is 19.1 Å². The van der Waals surface area contributed by atoms with Gasteiger partial charge in [-0.3, -0.25) is 14.9 Å². The van der Waals surface area contributed by atoms with E-state index >= 15 is 0 Å². The van der Waals surface area contributed by atoms with E-state index in [0.717, 1.165) is 11.1 Å². The van der Waals surface area contributed by atoms with Crippen LogP contribution < -0.4 is 10.6 Å². The summed E-state index contributed by atoms with van der Waals surface area (Å²) in [6.07, 6.45) is 3.67. The summed E-state index contributed by atoms with van der Waals surface area (Å²) in [6.45, 7) is 0.945. The Kier molecular flexibility index (Phi) is 9.27. The van der Waals surface area contributed by atoms with Crippen LogP contribution in [0.2, 0.25) is 10.2 Å². The number of anilines is 1. The Morgan fingerprint density at radius 3 is 2.47 bits per heavy atom. The normalized spacial score (nSPS) is 13.0. The summed E-state index contributed by atoms with van der Waals surface area (Å²) in [5.41, 5.74) is 4.94. The lowest BCUT2D eigenvalue weighted by Gasteiger charge is -2.20. The number of benzene rings is 3. The number of aromatic nitrogens is 6. The third-order valence-electron chi connectivity index (χ3n) is 7.49. The number of nitrogens with one attached hydrogen (secondary N) is 3. The highest BCUT2D eigenvalue weighted by molar-refractivity contribution is 6.32. The van der Waals surface area contributed by atoms with Crippen molar-refractivity contribution in [2.24, 2.45) is 0 Å². The van der Waals surface area contributed by atoms with E-state index in [4.69, 9.17) is 23.2 Å². The van der Waals surface area contributed by atoms with Gasteiger partial charge in [0.05, 0.1) is 25.3 Å². The summed E-state index contributed by atoms with van der Waals surface area (Å²) >= 11 is 12.8. The maximum atomic E-state index is 13.6. The standard InChI is InChI=1S/C32H27Cl2N9O4/c1-47-32(46)36-24-10-6-19(7-11-24)29-30(34)39-31(38-29)25(15-28(45)42-16-21-4-2-3-5-22(21)17-42)37-27(44)13-8-20-14-23(33)9-12-26(20)43-18-35-40-41-43/h2-14,18,25H,15-17H2,1H3,(H,36,46)(H,37,44)(H,38,39)/b13-8+/t25-/m0/s1. The second-order valence-corrected chi connectivity index (χ2v) is 11.4. The molecule has 0 bridgehead atoms. The number of hydrogen-bond acceptors (Lipinski definition) is 8. The smallest absolute Gasteiger partial charge is 0.411 e. The molecule has 13 nitrogen and oxygen atoms in total. The van der Waals surface area contributed by atoms with Crippen molar-refractivity contribution in [2.75, 3.05) is 12.4 Å². The number of aromatic amines is 1. The van der Waals surface area contributed by atoms with Crippen molar-refractivity contribution in [3.63, 3.8) is 0 Å². The summed E-state index contributed by atoms with van der Waals surface area (Å²) in [5.74, 6) is -0.355. The molecule has 238 valence electrons. The van der Waals surface area contributed by atoms with Crippen LogP contribution in [-0.4, -0.2) is 60.1 Å². The molecule has 3 aromatic carbocycles. The zero-order valence-electron chi connectivity index (χ0n) is 24.9. The van der Waals surface area contributed by atoms with E-state index in [1.165, 1.54) is 24.2 Å². The van der Waals surface area contributed by atoms with E-state index in [2.05, 4.69) is 40.9 Å². The highest BCUT2D eigenvalue weighted by Gasteiger charge is 2.28. The van der Waals surface area contributed by atoms with Gasteiger partial charge >= 0.3 is 6.09 Å². The number of ether oxygens (including phenoxy) is 1.